The molecule has 0 saturated heterocycles. The molecule has 0 spiro atoms. The van der Waals surface area contributed by atoms with Crippen molar-refractivity contribution >= 4 is 54.9 Å². The monoisotopic (exact) mass is 569 g/mol. The van der Waals surface area contributed by atoms with Crippen molar-refractivity contribution in [1.82, 2.24) is 14.9 Å². The zero-order valence-corrected chi connectivity index (χ0v) is 23.5. The van der Waals surface area contributed by atoms with E-state index in [2.05, 4.69) is 36.5 Å². The minimum Gasteiger partial charge on any atom is -0.453 e. The summed E-state index contributed by atoms with van der Waals surface area (Å²) in [5.74, 6) is -1.12. The Balaban J connectivity index is 1.71. The van der Waals surface area contributed by atoms with Crippen LogP contribution in [0.1, 0.15) is 21.6 Å². The van der Waals surface area contributed by atoms with E-state index in [0.29, 0.717) is 22.9 Å². The highest BCUT2D eigenvalue weighted by molar-refractivity contribution is 6.76. The van der Waals surface area contributed by atoms with Crippen molar-refractivity contribution in [1.29, 1.82) is 0 Å². The predicted molar refractivity (Wildman–Crippen MR) is 146 cm³/mol. The summed E-state index contributed by atoms with van der Waals surface area (Å²) in [6.07, 6.45) is 3.03. The van der Waals surface area contributed by atoms with Crippen LogP contribution < -0.4 is 10.1 Å². The summed E-state index contributed by atoms with van der Waals surface area (Å²) >= 11 is 18.4. The fourth-order valence-corrected chi connectivity index (χ4v) is 4.58. The molecule has 0 aliphatic carbocycles. The zero-order valence-electron chi connectivity index (χ0n) is 20.2. The maximum Gasteiger partial charge on any atom is 0.271 e. The molecule has 0 fully saturated rings. The largest absolute Gasteiger partial charge is 0.453 e. The lowest BCUT2D eigenvalue weighted by Crippen LogP contribution is -2.27. The van der Waals surface area contributed by atoms with Gasteiger partial charge in [-0.3, -0.25) is 4.79 Å². The van der Waals surface area contributed by atoms with Gasteiger partial charge in [-0.15, -0.1) is 0 Å². The molecule has 1 aromatic heterocycles. The summed E-state index contributed by atoms with van der Waals surface area (Å²) in [6, 6.07) is 8.83. The van der Waals surface area contributed by atoms with E-state index in [1.165, 1.54) is 29.1 Å². The van der Waals surface area contributed by atoms with E-state index in [1.807, 2.05) is 0 Å². The van der Waals surface area contributed by atoms with Crippen molar-refractivity contribution in [3.05, 3.63) is 81.1 Å². The number of nitrogens with one attached hydrogen (secondary N) is 1. The molecule has 0 atom stereocenters. The molecule has 1 N–H and O–H groups in total. The molecular weight excluding hydrogens is 544 g/mol. The minimum absolute atomic E-state index is 0.0286. The molecule has 0 unspecified atom stereocenters. The zero-order chi connectivity index (χ0) is 26.5. The molecule has 6 nitrogen and oxygen atoms in total. The molecule has 0 saturated carbocycles. The van der Waals surface area contributed by atoms with Crippen LogP contribution in [0, 0.1) is 5.82 Å². The number of imidazole rings is 1. The lowest BCUT2D eigenvalue weighted by Gasteiger charge is -2.16. The van der Waals surface area contributed by atoms with E-state index in [0.717, 1.165) is 6.04 Å². The SMILES string of the molecule is C=Cc1cc(Cl)cc(Oc2c(Cl)ccc(CNC(=O)c3c(Cl)ncn3COCC[Si](C)(C)C)c2F)c1. The van der Waals surface area contributed by atoms with Gasteiger partial charge in [0.05, 0.1) is 11.3 Å². The molecule has 0 aliphatic heterocycles. The standard InChI is InChI=1S/C25H27Cl3FN3O3Si/c1-5-16-10-18(26)12-19(11-16)35-23-20(27)7-6-17(21(23)29)13-30-25(33)22-24(28)31-14-32(22)15-34-8-9-36(2,3)4/h5-7,10-12,14H,1,8-9,13,15H2,2-4H3,(H,30,33). The van der Waals surface area contributed by atoms with E-state index in [9.17, 15) is 4.79 Å². The van der Waals surface area contributed by atoms with Crippen molar-refractivity contribution in [2.45, 2.75) is 39.0 Å². The van der Waals surface area contributed by atoms with Crippen LogP contribution in [0.3, 0.4) is 0 Å². The second kappa shape index (κ2) is 12.3. The van der Waals surface area contributed by atoms with Crippen LogP contribution in [0.4, 0.5) is 4.39 Å². The van der Waals surface area contributed by atoms with Gasteiger partial charge < -0.3 is 19.4 Å². The molecule has 3 aromatic rings. The third kappa shape index (κ3) is 7.57. The molecule has 11 heteroatoms. The van der Waals surface area contributed by atoms with Gasteiger partial charge >= 0.3 is 0 Å². The first-order chi connectivity index (χ1) is 17.0. The van der Waals surface area contributed by atoms with Crippen LogP contribution in [0.25, 0.3) is 6.08 Å². The number of nitrogens with zero attached hydrogens (tertiary/aromatic N) is 2. The van der Waals surface area contributed by atoms with Gasteiger partial charge in [-0.25, -0.2) is 9.37 Å². The molecule has 0 radical (unpaired) electrons. The van der Waals surface area contributed by atoms with Crippen molar-refractivity contribution in [2.24, 2.45) is 0 Å². The van der Waals surface area contributed by atoms with Gasteiger partial charge in [0.15, 0.2) is 16.7 Å². The second-order valence-corrected chi connectivity index (χ2v) is 16.1. The van der Waals surface area contributed by atoms with Gasteiger partial charge in [-0.05, 0) is 35.9 Å². The third-order valence-electron chi connectivity index (χ3n) is 5.15. The molecular formula is C25H27Cl3FN3O3Si. The Morgan fingerprint density at radius 3 is 2.67 bits per heavy atom. The van der Waals surface area contributed by atoms with Gasteiger partial charge in [-0.2, -0.15) is 0 Å². The number of hydrogen-bond acceptors (Lipinski definition) is 4. The summed E-state index contributed by atoms with van der Waals surface area (Å²) in [5, 5.41) is 3.17. The van der Waals surface area contributed by atoms with Crippen LogP contribution >= 0.6 is 34.8 Å². The van der Waals surface area contributed by atoms with E-state index >= 15 is 4.39 Å². The lowest BCUT2D eigenvalue weighted by atomic mass is 10.2. The molecule has 36 heavy (non-hydrogen) atoms. The van der Waals surface area contributed by atoms with Gasteiger partial charge in [0.2, 0.25) is 0 Å². The van der Waals surface area contributed by atoms with E-state index in [4.69, 9.17) is 44.3 Å². The molecule has 1 amide bonds. The number of ether oxygens (including phenoxy) is 2. The maximum atomic E-state index is 15.3. The predicted octanol–water partition coefficient (Wildman–Crippen LogP) is 7.66. The molecule has 2 aromatic carbocycles. The minimum atomic E-state index is -1.24. The maximum absolute atomic E-state index is 15.3. The summed E-state index contributed by atoms with van der Waals surface area (Å²) < 4.78 is 28.2. The Bertz CT molecular complexity index is 1260. The highest BCUT2D eigenvalue weighted by Crippen LogP contribution is 2.35. The van der Waals surface area contributed by atoms with Crippen LogP contribution in [-0.2, 0) is 18.0 Å². The normalized spacial score (nSPS) is 11.4. The number of rotatable bonds is 11. The van der Waals surface area contributed by atoms with Crippen molar-refractivity contribution in [3.63, 3.8) is 0 Å². The third-order valence-corrected chi connectivity index (χ3v) is 7.65. The summed E-state index contributed by atoms with van der Waals surface area (Å²) in [6.45, 7) is 11.0. The van der Waals surface area contributed by atoms with Crippen molar-refractivity contribution < 1.29 is 18.7 Å². The smallest absolute Gasteiger partial charge is 0.271 e. The highest BCUT2D eigenvalue weighted by atomic mass is 35.5. The first-order valence-electron chi connectivity index (χ1n) is 11.1. The average molecular weight is 571 g/mol. The Morgan fingerprint density at radius 1 is 1.22 bits per heavy atom. The topological polar surface area (TPSA) is 65.4 Å². The first kappa shape index (κ1) is 28.2. The number of aromatic nitrogens is 2. The first-order valence-corrected chi connectivity index (χ1v) is 16.0. The van der Waals surface area contributed by atoms with E-state index in [-0.39, 0.29) is 40.5 Å². The Hall–Kier alpha value is -2.36. The quantitative estimate of drug-likeness (QED) is 0.190. The number of halogens is 4. The van der Waals surface area contributed by atoms with Gasteiger partial charge in [0.25, 0.3) is 5.91 Å². The number of hydrogen-bond donors (Lipinski definition) is 1. The van der Waals surface area contributed by atoms with Crippen molar-refractivity contribution in [3.8, 4) is 11.5 Å². The van der Waals surface area contributed by atoms with E-state index < -0.39 is 19.8 Å². The molecule has 3 rings (SSSR count). The highest BCUT2D eigenvalue weighted by Gasteiger charge is 2.20. The fourth-order valence-electron chi connectivity index (χ4n) is 3.16. The number of carbonyl (C=O) groups excluding carboxylic acids is 1. The second-order valence-electron chi connectivity index (χ2n) is 9.26. The van der Waals surface area contributed by atoms with E-state index in [1.54, 1.807) is 18.2 Å². The molecule has 192 valence electrons. The molecule has 0 bridgehead atoms. The van der Waals surface area contributed by atoms with Crippen LogP contribution in [0.2, 0.25) is 40.9 Å². The average Bonchev–Trinajstić information content (AvgIpc) is 3.18. The summed E-state index contributed by atoms with van der Waals surface area (Å²) in [5.41, 5.74) is 1.00. The summed E-state index contributed by atoms with van der Waals surface area (Å²) in [7, 11) is -1.24. The van der Waals surface area contributed by atoms with Gasteiger partial charge in [-0.1, -0.05) is 73.2 Å². The lowest BCUT2D eigenvalue weighted by molar-refractivity contribution is 0.0789. The Labute approximate surface area is 226 Å². The van der Waals surface area contributed by atoms with Crippen LogP contribution in [-0.4, -0.2) is 30.1 Å². The molecule has 0 aliphatic rings. The fraction of sp³-hybridized carbons (Fsp3) is 0.280. The Kier molecular flexibility index (Phi) is 9.60. The van der Waals surface area contributed by atoms with Gasteiger partial charge in [0.1, 0.15) is 18.2 Å². The molecule has 1 heterocycles. The Morgan fingerprint density at radius 2 is 1.97 bits per heavy atom. The number of benzene rings is 2. The number of amides is 1. The van der Waals surface area contributed by atoms with Crippen LogP contribution in [0.15, 0.2) is 43.2 Å². The van der Waals surface area contributed by atoms with Gasteiger partial charge in [0, 0.05) is 31.8 Å². The number of carbonyl (C=O) groups is 1. The van der Waals surface area contributed by atoms with Crippen molar-refractivity contribution in [2.75, 3.05) is 6.61 Å². The summed E-state index contributed by atoms with van der Waals surface area (Å²) in [4.78, 5) is 16.9. The van der Waals surface area contributed by atoms with Crippen LogP contribution in [0.5, 0.6) is 11.5 Å².